The summed E-state index contributed by atoms with van der Waals surface area (Å²) in [6, 6.07) is 7.35. The Hall–Kier alpha value is -1.41. The van der Waals surface area contributed by atoms with Gasteiger partial charge in [-0.15, -0.1) is 11.3 Å². The summed E-state index contributed by atoms with van der Waals surface area (Å²) in [5.41, 5.74) is 4.82. The van der Waals surface area contributed by atoms with Gasteiger partial charge in [0.05, 0.1) is 0 Å². The lowest BCUT2D eigenvalue weighted by Gasteiger charge is -2.15. The Kier molecular flexibility index (Phi) is 2.40. The number of hydrogen-bond donors (Lipinski definition) is 0. The highest BCUT2D eigenvalue weighted by Crippen LogP contribution is 2.41. The largest absolute Gasteiger partial charge is 0.207 e. The normalized spacial score (nSPS) is 13.1. The molecule has 0 atom stereocenters. The third-order valence-corrected chi connectivity index (χ3v) is 4.58. The van der Waals surface area contributed by atoms with Crippen LogP contribution in [0.1, 0.15) is 22.9 Å². The predicted octanol–water partition coefficient (Wildman–Crippen LogP) is 4.69. The topological polar surface area (TPSA) is 0 Å². The highest BCUT2D eigenvalue weighted by molar-refractivity contribution is 7.16. The number of benzene rings is 1. The summed E-state index contributed by atoms with van der Waals surface area (Å²) in [5.74, 6) is -0.135. The molecule has 17 heavy (non-hydrogen) atoms. The molecule has 2 heteroatoms. The number of hydrogen-bond acceptors (Lipinski definition) is 1. The van der Waals surface area contributed by atoms with Crippen molar-refractivity contribution in [2.24, 2.45) is 0 Å². The van der Waals surface area contributed by atoms with Gasteiger partial charge in [0, 0.05) is 9.75 Å². The Morgan fingerprint density at radius 3 is 2.76 bits per heavy atom. The minimum Gasteiger partial charge on any atom is -0.207 e. The highest BCUT2D eigenvalue weighted by Gasteiger charge is 2.19. The zero-order valence-corrected chi connectivity index (χ0v) is 10.5. The first-order valence-electron chi connectivity index (χ1n) is 5.72. The number of allylic oxidation sites excluding steroid dienone is 1. The standard InChI is InChI=1S/C15H13FS/c1-9(2)14-8-11-4-3-10-7-12(16)5-6-13(10)15(11)17-14/h5-8H,1,3-4H2,2H3. The summed E-state index contributed by atoms with van der Waals surface area (Å²) in [7, 11) is 0. The summed E-state index contributed by atoms with van der Waals surface area (Å²) < 4.78 is 13.2. The Labute approximate surface area is 104 Å². The Bertz CT molecular complexity index is 607. The highest BCUT2D eigenvalue weighted by atomic mass is 32.1. The fourth-order valence-corrected chi connectivity index (χ4v) is 3.51. The zero-order valence-electron chi connectivity index (χ0n) is 9.72. The lowest BCUT2D eigenvalue weighted by atomic mass is 9.91. The van der Waals surface area contributed by atoms with Gasteiger partial charge >= 0.3 is 0 Å². The number of rotatable bonds is 1. The van der Waals surface area contributed by atoms with E-state index in [0.717, 1.165) is 24.0 Å². The molecular weight excluding hydrogens is 231 g/mol. The van der Waals surface area contributed by atoms with E-state index in [1.54, 1.807) is 23.5 Å². The molecule has 1 aromatic carbocycles. The average Bonchev–Trinajstić information content (AvgIpc) is 2.72. The van der Waals surface area contributed by atoms with Crippen molar-refractivity contribution in [3.05, 3.63) is 52.7 Å². The minimum absolute atomic E-state index is 0.135. The van der Waals surface area contributed by atoms with Gasteiger partial charge in [0.1, 0.15) is 5.82 Å². The first kappa shape index (κ1) is 10.7. The lowest BCUT2D eigenvalue weighted by molar-refractivity contribution is 0.625. The van der Waals surface area contributed by atoms with Crippen LogP contribution in [-0.4, -0.2) is 0 Å². The van der Waals surface area contributed by atoms with E-state index in [2.05, 4.69) is 12.6 Å². The second-order valence-electron chi connectivity index (χ2n) is 4.55. The molecule has 0 radical (unpaired) electrons. The summed E-state index contributed by atoms with van der Waals surface area (Å²) in [6.07, 6.45) is 1.95. The van der Waals surface area contributed by atoms with Gasteiger partial charge in [-0.1, -0.05) is 12.6 Å². The van der Waals surface area contributed by atoms with E-state index in [-0.39, 0.29) is 5.82 Å². The van der Waals surface area contributed by atoms with E-state index in [1.165, 1.54) is 20.9 Å². The maximum absolute atomic E-state index is 13.2. The first-order chi connectivity index (χ1) is 8.15. The van der Waals surface area contributed by atoms with E-state index < -0.39 is 0 Å². The maximum Gasteiger partial charge on any atom is 0.123 e. The molecule has 1 aromatic heterocycles. The molecule has 0 spiro atoms. The summed E-state index contributed by atoms with van der Waals surface area (Å²) >= 11 is 1.77. The zero-order chi connectivity index (χ0) is 12.0. The van der Waals surface area contributed by atoms with Gasteiger partial charge in [0.15, 0.2) is 0 Å². The average molecular weight is 244 g/mol. The molecule has 2 aromatic rings. The first-order valence-corrected chi connectivity index (χ1v) is 6.54. The molecule has 0 saturated carbocycles. The van der Waals surface area contributed by atoms with Crippen LogP contribution < -0.4 is 0 Å². The van der Waals surface area contributed by atoms with Crippen LogP contribution in [0.25, 0.3) is 16.0 Å². The molecule has 0 saturated heterocycles. The van der Waals surface area contributed by atoms with E-state index in [9.17, 15) is 4.39 Å². The van der Waals surface area contributed by atoms with Crippen LogP contribution in [0.5, 0.6) is 0 Å². The summed E-state index contributed by atoms with van der Waals surface area (Å²) in [4.78, 5) is 2.54. The molecule has 0 unspecified atom stereocenters. The molecule has 3 rings (SSSR count). The molecule has 86 valence electrons. The van der Waals surface area contributed by atoms with Crippen molar-refractivity contribution < 1.29 is 4.39 Å². The lowest BCUT2D eigenvalue weighted by Crippen LogP contribution is -2.01. The molecule has 0 nitrogen and oxygen atoms in total. The third-order valence-electron chi connectivity index (χ3n) is 3.21. The van der Waals surface area contributed by atoms with Gasteiger partial charge in [-0.2, -0.15) is 0 Å². The Morgan fingerprint density at radius 2 is 2.00 bits per heavy atom. The maximum atomic E-state index is 13.2. The van der Waals surface area contributed by atoms with Crippen molar-refractivity contribution in [3.8, 4) is 10.4 Å². The van der Waals surface area contributed by atoms with Crippen molar-refractivity contribution >= 4 is 16.9 Å². The van der Waals surface area contributed by atoms with Crippen LogP contribution >= 0.6 is 11.3 Å². The Morgan fingerprint density at radius 1 is 1.24 bits per heavy atom. The fourth-order valence-electron chi connectivity index (χ4n) is 2.31. The summed E-state index contributed by atoms with van der Waals surface area (Å²) in [5, 5.41) is 0. The van der Waals surface area contributed by atoms with Crippen LogP contribution in [0.3, 0.4) is 0 Å². The van der Waals surface area contributed by atoms with Crippen molar-refractivity contribution in [1.82, 2.24) is 0 Å². The minimum atomic E-state index is -0.135. The van der Waals surface area contributed by atoms with Gasteiger partial charge in [-0.3, -0.25) is 0 Å². The van der Waals surface area contributed by atoms with Crippen LogP contribution in [-0.2, 0) is 12.8 Å². The monoisotopic (exact) mass is 244 g/mol. The Balaban J connectivity index is 2.19. The molecule has 0 bridgehead atoms. The van der Waals surface area contributed by atoms with E-state index in [0.29, 0.717) is 0 Å². The molecule has 0 fully saturated rings. The van der Waals surface area contributed by atoms with Gasteiger partial charge in [0.25, 0.3) is 0 Å². The molecule has 0 aliphatic heterocycles. The van der Waals surface area contributed by atoms with E-state index in [4.69, 9.17) is 0 Å². The van der Waals surface area contributed by atoms with Gasteiger partial charge < -0.3 is 0 Å². The van der Waals surface area contributed by atoms with Crippen molar-refractivity contribution in [2.75, 3.05) is 0 Å². The molecule has 0 N–H and O–H groups in total. The second-order valence-corrected chi connectivity index (χ2v) is 5.60. The van der Waals surface area contributed by atoms with Crippen molar-refractivity contribution in [3.63, 3.8) is 0 Å². The van der Waals surface area contributed by atoms with Crippen molar-refractivity contribution in [1.29, 1.82) is 0 Å². The number of aryl methyl sites for hydroxylation is 2. The van der Waals surface area contributed by atoms with Crippen molar-refractivity contribution in [2.45, 2.75) is 19.8 Å². The SMILES string of the molecule is C=C(C)c1cc2c(s1)-c1ccc(F)cc1CC2. The number of thiophene rings is 1. The van der Waals surface area contributed by atoms with Crippen LogP contribution in [0.15, 0.2) is 30.8 Å². The summed E-state index contributed by atoms with van der Waals surface area (Å²) in [6.45, 7) is 6.02. The van der Waals surface area contributed by atoms with Gasteiger partial charge in [-0.25, -0.2) is 4.39 Å². The van der Waals surface area contributed by atoms with Gasteiger partial charge in [-0.05, 0) is 60.2 Å². The van der Waals surface area contributed by atoms with Crippen LogP contribution in [0, 0.1) is 5.82 Å². The third kappa shape index (κ3) is 1.73. The van der Waals surface area contributed by atoms with Crippen LogP contribution in [0.4, 0.5) is 4.39 Å². The van der Waals surface area contributed by atoms with E-state index >= 15 is 0 Å². The number of fused-ring (bicyclic) bond motifs is 3. The molecular formula is C15H13FS. The molecule has 1 heterocycles. The quantitative estimate of drug-likeness (QED) is 0.683. The van der Waals surface area contributed by atoms with E-state index in [1.807, 2.05) is 13.0 Å². The van der Waals surface area contributed by atoms with Gasteiger partial charge in [0.2, 0.25) is 0 Å². The number of halogens is 1. The predicted molar refractivity (Wildman–Crippen MR) is 71.8 cm³/mol. The molecule has 1 aliphatic rings. The fraction of sp³-hybridized carbons (Fsp3) is 0.200. The molecule has 1 aliphatic carbocycles. The molecule has 0 amide bonds. The second kappa shape index (κ2) is 3.81. The smallest absolute Gasteiger partial charge is 0.123 e. The van der Waals surface area contributed by atoms with Crippen LogP contribution in [0.2, 0.25) is 0 Å².